The summed E-state index contributed by atoms with van der Waals surface area (Å²) in [6, 6.07) is 4.22. The summed E-state index contributed by atoms with van der Waals surface area (Å²) in [6.07, 6.45) is -4.27. The summed E-state index contributed by atoms with van der Waals surface area (Å²) >= 11 is 3.06. The summed E-state index contributed by atoms with van der Waals surface area (Å²) in [7, 11) is 0. The van der Waals surface area contributed by atoms with Gasteiger partial charge < -0.3 is 5.32 Å². The quantitative estimate of drug-likeness (QED) is 0.841. The van der Waals surface area contributed by atoms with Crippen molar-refractivity contribution in [3.63, 3.8) is 0 Å². The van der Waals surface area contributed by atoms with E-state index in [0.717, 1.165) is 0 Å². The Hall–Kier alpha value is -0.620. The highest BCUT2D eigenvalue weighted by Gasteiger charge is 2.26. The van der Waals surface area contributed by atoms with Gasteiger partial charge in [0.05, 0.1) is 6.54 Å². The van der Waals surface area contributed by atoms with Gasteiger partial charge in [0.2, 0.25) is 0 Å². The molecule has 0 atom stereocenters. The van der Waals surface area contributed by atoms with Crippen LogP contribution in [0, 0.1) is 5.82 Å². The van der Waals surface area contributed by atoms with Gasteiger partial charge >= 0.3 is 6.18 Å². The number of alkyl halides is 3. The molecule has 15 heavy (non-hydrogen) atoms. The lowest BCUT2D eigenvalue weighted by Gasteiger charge is -2.08. The molecule has 0 fully saturated rings. The Morgan fingerprint density at radius 3 is 2.47 bits per heavy atom. The van der Waals surface area contributed by atoms with Crippen molar-refractivity contribution in [2.75, 3.05) is 6.54 Å². The number of hydrogen-bond acceptors (Lipinski definition) is 1. The fourth-order valence-electron chi connectivity index (χ4n) is 1.00. The zero-order valence-corrected chi connectivity index (χ0v) is 9.12. The van der Waals surface area contributed by atoms with E-state index in [4.69, 9.17) is 0 Å². The summed E-state index contributed by atoms with van der Waals surface area (Å²) in [5.74, 6) is -0.529. The molecule has 0 aliphatic carbocycles. The first-order valence-corrected chi connectivity index (χ1v) is 4.89. The highest BCUT2D eigenvalue weighted by Crippen LogP contribution is 2.16. The Bertz CT molecular complexity index is 337. The molecule has 0 amide bonds. The summed E-state index contributed by atoms with van der Waals surface area (Å²) in [6.45, 7) is -1.26. The van der Waals surface area contributed by atoms with Crippen LogP contribution in [0.1, 0.15) is 5.56 Å². The van der Waals surface area contributed by atoms with E-state index in [2.05, 4.69) is 21.2 Å². The summed E-state index contributed by atoms with van der Waals surface area (Å²) in [4.78, 5) is 0. The number of benzene rings is 1. The first-order chi connectivity index (χ1) is 6.88. The van der Waals surface area contributed by atoms with Gasteiger partial charge in [0.25, 0.3) is 0 Å². The van der Waals surface area contributed by atoms with Crippen LogP contribution in [0.15, 0.2) is 22.7 Å². The van der Waals surface area contributed by atoms with Crippen LogP contribution in [-0.2, 0) is 6.54 Å². The number of rotatable bonds is 3. The number of nitrogens with one attached hydrogen (secondary N) is 1. The molecular weight excluding hydrogens is 278 g/mol. The van der Waals surface area contributed by atoms with Crippen molar-refractivity contribution in [2.45, 2.75) is 12.7 Å². The lowest BCUT2D eigenvalue weighted by atomic mass is 10.2. The van der Waals surface area contributed by atoms with Gasteiger partial charge in [0.15, 0.2) is 0 Å². The maximum Gasteiger partial charge on any atom is 0.401 e. The van der Waals surface area contributed by atoms with Gasteiger partial charge in [-0.25, -0.2) is 4.39 Å². The predicted octanol–water partition coefficient (Wildman–Crippen LogP) is 3.24. The molecule has 0 aliphatic rings. The Morgan fingerprint density at radius 2 is 1.93 bits per heavy atom. The molecule has 0 heterocycles. The lowest BCUT2D eigenvalue weighted by Crippen LogP contribution is -2.28. The average molecular weight is 286 g/mol. The zero-order chi connectivity index (χ0) is 11.5. The van der Waals surface area contributed by atoms with E-state index in [1.54, 1.807) is 6.07 Å². The van der Waals surface area contributed by atoms with Crippen molar-refractivity contribution in [3.8, 4) is 0 Å². The monoisotopic (exact) mass is 285 g/mol. The van der Waals surface area contributed by atoms with Gasteiger partial charge in [0.1, 0.15) is 5.82 Å². The molecule has 0 aromatic heterocycles. The van der Waals surface area contributed by atoms with Crippen LogP contribution in [0.2, 0.25) is 0 Å². The largest absolute Gasteiger partial charge is 0.401 e. The van der Waals surface area contributed by atoms with E-state index in [1.807, 2.05) is 0 Å². The van der Waals surface area contributed by atoms with Crippen molar-refractivity contribution in [3.05, 3.63) is 34.1 Å². The summed E-state index contributed by atoms with van der Waals surface area (Å²) in [5.41, 5.74) is 0.211. The fourth-order valence-corrected chi connectivity index (χ4v) is 1.34. The minimum atomic E-state index is -4.27. The minimum Gasteiger partial charge on any atom is -0.304 e. The maximum atomic E-state index is 13.1. The molecule has 1 rings (SSSR count). The summed E-state index contributed by atoms with van der Waals surface area (Å²) in [5, 5.41) is 2.12. The van der Waals surface area contributed by atoms with Crippen LogP contribution in [-0.4, -0.2) is 12.7 Å². The third kappa shape index (κ3) is 4.61. The molecule has 84 valence electrons. The first-order valence-electron chi connectivity index (χ1n) is 4.10. The van der Waals surface area contributed by atoms with E-state index in [-0.39, 0.29) is 12.1 Å². The van der Waals surface area contributed by atoms with Crippen LogP contribution in [0.5, 0.6) is 0 Å². The molecule has 0 saturated carbocycles. The highest BCUT2D eigenvalue weighted by atomic mass is 79.9. The second-order valence-corrected chi connectivity index (χ2v) is 3.87. The van der Waals surface area contributed by atoms with Crippen molar-refractivity contribution >= 4 is 15.9 Å². The SMILES string of the molecule is Fc1cc(Br)ccc1CNCC(F)(F)F. The Morgan fingerprint density at radius 1 is 1.27 bits per heavy atom. The fraction of sp³-hybridized carbons (Fsp3) is 0.333. The van der Waals surface area contributed by atoms with Crippen molar-refractivity contribution in [2.24, 2.45) is 0 Å². The van der Waals surface area contributed by atoms with Gasteiger partial charge in [-0.2, -0.15) is 13.2 Å². The van der Waals surface area contributed by atoms with Gasteiger partial charge in [-0.05, 0) is 12.1 Å². The van der Waals surface area contributed by atoms with Gasteiger partial charge in [-0.15, -0.1) is 0 Å². The standard InChI is InChI=1S/C9H8BrF4N/c10-7-2-1-6(8(11)3-7)4-15-5-9(12,13)14/h1-3,15H,4-5H2. The van der Waals surface area contributed by atoms with E-state index in [0.29, 0.717) is 4.47 Å². The first kappa shape index (κ1) is 12.4. The van der Waals surface area contributed by atoms with Crippen LogP contribution >= 0.6 is 15.9 Å². The van der Waals surface area contributed by atoms with E-state index < -0.39 is 18.5 Å². The molecule has 6 heteroatoms. The lowest BCUT2D eigenvalue weighted by molar-refractivity contribution is -0.125. The second-order valence-electron chi connectivity index (χ2n) is 2.95. The van der Waals surface area contributed by atoms with Gasteiger partial charge in [0, 0.05) is 16.6 Å². The molecule has 1 N–H and O–H groups in total. The molecule has 0 aliphatic heterocycles. The Labute approximate surface area is 92.6 Å². The number of hydrogen-bond donors (Lipinski definition) is 1. The number of halogens is 5. The van der Waals surface area contributed by atoms with Gasteiger partial charge in [-0.1, -0.05) is 22.0 Å². The van der Waals surface area contributed by atoms with E-state index in [9.17, 15) is 17.6 Å². The molecule has 0 radical (unpaired) electrons. The molecule has 0 saturated heterocycles. The summed E-state index contributed by atoms with van der Waals surface area (Å²) < 4.78 is 49.0. The molecule has 0 unspecified atom stereocenters. The van der Waals surface area contributed by atoms with E-state index in [1.165, 1.54) is 12.1 Å². The second kappa shape index (κ2) is 4.94. The minimum absolute atomic E-state index is 0.140. The van der Waals surface area contributed by atoms with E-state index >= 15 is 0 Å². The van der Waals surface area contributed by atoms with Crippen LogP contribution < -0.4 is 5.32 Å². The Balaban J connectivity index is 2.51. The topological polar surface area (TPSA) is 12.0 Å². The van der Waals surface area contributed by atoms with Gasteiger partial charge in [-0.3, -0.25) is 0 Å². The highest BCUT2D eigenvalue weighted by molar-refractivity contribution is 9.10. The molecule has 1 aromatic carbocycles. The Kier molecular flexibility index (Phi) is 4.10. The van der Waals surface area contributed by atoms with Crippen LogP contribution in [0.3, 0.4) is 0 Å². The molecule has 0 bridgehead atoms. The van der Waals surface area contributed by atoms with Crippen molar-refractivity contribution in [1.82, 2.24) is 5.32 Å². The third-order valence-corrected chi connectivity index (χ3v) is 2.15. The predicted molar refractivity (Wildman–Crippen MR) is 51.9 cm³/mol. The van der Waals surface area contributed by atoms with Crippen molar-refractivity contribution in [1.29, 1.82) is 0 Å². The molecule has 1 nitrogen and oxygen atoms in total. The smallest absolute Gasteiger partial charge is 0.304 e. The maximum absolute atomic E-state index is 13.1. The van der Waals surface area contributed by atoms with Crippen molar-refractivity contribution < 1.29 is 17.6 Å². The van der Waals surface area contributed by atoms with Crippen LogP contribution in [0.25, 0.3) is 0 Å². The van der Waals surface area contributed by atoms with Crippen LogP contribution in [0.4, 0.5) is 17.6 Å². The normalized spacial score (nSPS) is 11.8. The average Bonchev–Trinajstić information content (AvgIpc) is 2.07. The molecular formula is C9H8BrF4N. The zero-order valence-electron chi connectivity index (χ0n) is 7.54. The molecule has 1 aromatic rings. The third-order valence-electron chi connectivity index (χ3n) is 1.66. The molecule has 0 spiro atoms.